The molecule has 1 aliphatic heterocycles. The van der Waals surface area contributed by atoms with Gasteiger partial charge >= 0.3 is 0 Å². The third-order valence-corrected chi connectivity index (χ3v) is 9.16. The summed E-state index contributed by atoms with van der Waals surface area (Å²) in [6.45, 7) is -0.446. The van der Waals surface area contributed by atoms with Crippen LogP contribution in [0.1, 0.15) is 55.3 Å². The molecule has 10 heteroatoms. The Morgan fingerprint density at radius 1 is 1.00 bits per heavy atom. The molecule has 39 heavy (non-hydrogen) atoms. The van der Waals surface area contributed by atoms with Crippen molar-refractivity contribution in [1.82, 2.24) is 14.9 Å². The van der Waals surface area contributed by atoms with Crippen molar-refractivity contribution >= 4 is 22.8 Å². The van der Waals surface area contributed by atoms with Gasteiger partial charge < -0.3 is 10.2 Å². The minimum Gasteiger partial charge on any atom is -0.350 e. The van der Waals surface area contributed by atoms with Gasteiger partial charge in [-0.2, -0.15) is 0 Å². The summed E-state index contributed by atoms with van der Waals surface area (Å²) in [6, 6.07) is 5.89. The number of benzene rings is 1. The number of alkyl halides is 2. The number of hydrogen-bond acceptors (Lipinski definition) is 4. The van der Waals surface area contributed by atoms with Gasteiger partial charge in [-0.15, -0.1) is 0 Å². The Morgan fingerprint density at radius 3 is 2.31 bits per heavy atom. The Balaban J connectivity index is 1.33. The molecular formula is C29H28F4N4O2. The van der Waals surface area contributed by atoms with Gasteiger partial charge in [0.1, 0.15) is 23.0 Å². The highest BCUT2D eigenvalue weighted by atomic mass is 19.3. The molecule has 4 aliphatic carbocycles. The number of carbonyl (C=O) groups is 1. The first-order valence-electron chi connectivity index (χ1n) is 13.6. The molecule has 1 saturated heterocycles. The normalized spacial score (nSPS) is 28.8. The van der Waals surface area contributed by atoms with E-state index in [1.807, 2.05) is 0 Å². The second-order valence-corrected chi connectivity index (χ2v) is 12.1. The predicted molar refractivity (Wildman–Crippen MR) is 137 cm³/mol. The summed E-state index contributed by atoms with van der Waals surface area (Å²) >= 11 is 0. The first-order valence-corrected chi connectivity index (χ1v) is 13.6. The van der Waals surface area contributed by atoms with Crippen molar-refractivity contribution in [3.8, 4) is 5.69 Å². The maximum Gasteiger partial charge on any atom is 0.266 e. The highest BCUT2D eigenvalue weighted by Crippen LogP contribution is 2.55. The summed E-state index contributed by atoms with van der Waals surface area (Å²) < 4.78 is 57.8. The highest BCUT2D eigenvalue weighted by molar-refractivity contribution is 5.97. The van der Waals surface area contributed by atoms with Crippen LogP contribution in [-0.4, -0.2) is 40.0 Å². The Kier molecular flexibility index (Phi) is 5.38. The van der Waals surface area contributed by atoms with Gasteiger partial charge in [0.25, 0.3) is 11.8 Å². The number of amides is 1. The Morgan fingerprint density at radius 2 is 1.69 bits per heavy atom. The van der Waals surface area contributed by atoms with E-state index < -0.39 is 35.4 Å². The number of carbonyl (C=O) groups excluding carboxylic acids is 1. The third kappa shape index (κ3) is 4.19. The zero-order valence-corrected chi connectivity index (χ0v) is 21.2. The van der Waals surface area contributed by atoms with Gasteiger partial charge in [-0.25, -0.2) is 22.5 Å². The van der Waals surface area contributed by atoms with Crippen molar-refractivity contribution in [2.75, 3.05) is 18.0 Å². The number of hydrogen-bond donors (Lipinski definition) is 1. The average Bonchev–Trinajstić information content (AvgIpc) is 3.23. The molecule has 0 spiro atoms. The van der Waals surface area contributed by atoms with E-state index in [2.05, 4.69) is 10.3 Å². The van der Waals surface area contributed by atoms with Crippen LogP contribution in [0.4, 0.5) is 23.4 Å². The first-order chi connectivity index (χ1) is 18.6. The topological polar surface area (TPSA) is 67.2 Å². The maximum absolute atomic E-state index is 15.0. The highest BCUT2D eigenvalue weighted by Gasteiger charge is 2.51. The molecule has 0 atom stereocenters. The maximum atomic E-state index is 15.0. The SMILES string of the molecule is O=C(NC12CC3CC(CC(C3)C1)C2)c1cn(-c2ccc(F)cc2F)c2nc(N3CCC(F)(F)C3)ccc2c1=O. The molecule has 0 unspecified atom stereocenters. The fourth-order valence-electron chi connectivity index (χ4n) is 7.89. The second-order valence-electron chi connectivity index (χ2n) is 12.1. The van der Waals surface area contributed by atoms with Crippen LogP contribution in [0.15, 0.2) is 41.3 Å². The Bertz CT molecular complexity index is 1530. The molecular weight excluding hydrogens is 512 g/mol. The summed E-state index contributed by atoms with van der Waals surface area (Å²) in [5.41, 5.74) is -1.19. The number of anilines is 1. The van der Waals surface area contributed by atoms with Gasteiger partial charge in [0, 0.05) is 30.8 Å². The van der Waals surface area contributed by atoms with E-state index in [9.17, 15) is 22.8 Å². The number of aromatic nitrogens is 2. The fourth-order valence-corrected chi connectivity index (χ4v) is 7.89. The Labute approximate surface area is 222 Å². The number of nitrogens with zero attached hydrogens (tertiary/aromatic N) is 3. The van der Waals surface area contributed by atoms with Gasteiger partial charge in [0.05, 0.1) is 17.6 Å². The van der Waals surface area contributed by atoms with E-state index in [0.29, 0.717) is 23.8 Å². The van der Waals surface area contributed by atoms with E-state index in [4.69, 9.17) is 0 Å². The zero-order chi connectivity index (χ0) is 27.1. The fraction of sp³-hybridized carbons (Fsp3) is 0.483. The van der Waals surface area contributed by atoms with Crippen LogP contribution in [0.5, 0.6) is 0 Å². The van der Waals surface area contributed by atoms with Crippen molar-refractivity contribution in [2.45, 2.75) is 56.4 Å². The molecule has 1 amide bonds. The van der Waals surface area contributed by atoms with Crippen LogP contribution in [0.25, 0.3) is 16.7 Å². The van der Waals surface area contributed by atoms with Crippen molar-refractivity contribution in [3.05, 3.63) is 63.9 Å². The van der Waals surface area contributed by atoms with Crippen LogP contribution in [0.2, 0.25) is 0 Å². The average molecular weight is 541 g/mol. The van der Waals surface area contributed by atoms with Crippen LogP contribution in [-0.2, 0) is 0 Å². The number of nitrogens with one attached hydrogen (secondary N) is 1. The summed E-state index contributed by atoms with van der Waals surface area (Å²) in [5.74, 6) is -3.12. The molecule has 3 heterocycles. The lowest BCUT2D eigenvalue weighted by Crippen LogP contribution is -2.60. The molecule has 4 saturated carbocycles. The molecule has 3 aromatic rings. The van der Waals surface area contributed by atoms with E-state index in [1.165, 1.54) is 53.1 Å². The van der Waals surface area contributed by atoms with Gasteiger partial charge in [-0.05, 0) is 80.5 Å². The standard InChI is InChI=1S/C29H28F4N4O2/c30-19-1-3-23(22(31)10-19)37-14-21(27(39)35-28-11-16-7-17(12-28)9-18(8-16)13-28)25(38)20-2-4-24(34-26(20)37)36-6-5-29(32,33)15-36/h1-4,10,14,16-18H,5-9,11-13,15H2,(H,35,39). The Hall–Kier alpha value is -3.43. The zero-order valence-electron chi connectivity index (χ0n) is 21.2. The predicted octanol–water partition coefficient (Wildman–Crippen LogP) is 5.21. The lowest BCUT2D eigenvalue weighted by molar-refractivity contribution is -0.0167. The molecule has 4 bridgehead atoms. The third-order valence-electron chi connectivity index (χ3n) is 9.16. The van der Waals surface area contributed by atoms with E-state index in [0.717, 1.165) is 25.3 Å². The van der Waals surface area contributed by atoms with E-state index in [1.54, 1.807) is 0 Å². The van der Waals surface area contributed by atoms with Gasteiger partial charge in [0.15, 0.2) is 5.65 Å². The molecule has 6 nitrogen and oxygen atoms in total. The summed E-state index contributed by atoms with van der Waals surface area (Å²) in [4.78, 5) is 33.2. The van der Waals surface area contributed by atoms with Crippen molar-refractivity contribution < 1.29 is 22.4 Å². The van der Waals surface area contributed by atoms with Gasteiger partial charge in [0.2, 0.25) is 5.43 Å². The molecule has 0 radical (unpaired) electrons. The lowest BCUT2D eigenvalue weighted by Gasteiger charge is -2.56. The van der Waals surface area contributed by atoms with Gasteiger partial charge in [-0.3, -0.25) is 14.2 Å². The van der Waals surface area contributed by atoms with Crippen molar-refractivity contribution in [1.29, 1.82) is 0 Å². The number of fused-ring (bicyclic) bond motifs is 1. The molecule has 204 valence electrons. The van der Waals surface area contributed by atoms with Crippen molar-refractivity contribution in [3.63, 3.8) is 0 Å². The molecule has 5 fully saturated rings. The molecule has 1 N–H and O–H groups in total. The summed E-state index contributed by atoms with van der Waals surface area (Å²) in [6.07, 6.45) is 7.18. The van der Waals surface area contributed by atoms with E-state index in [-0.39, 0.29) is 46.6 Å². The quantitative estimate of drug-likeness (QED) is 0.462. The largest absolute Gasteiger partial charge is 0.350 e. The van der Waals surface area contributed by atoms with E-state index >= 15 is 4.39 Å². The van der Waals surface area contributed by atoms with Gasteiger partial charge in [-0.1, -0.05) is 0 Å². The number of pyridine rings is 2. The minimum absolute atomic E-state index is 0.00424. The van der Waals surface area contributed by atoms with Crippen LogP contribution < -0.4 is 15.6 Å². The lowest BCUT2D eigenvalue weighted by atomic mass is 9.53. The number of halogens is 4. The first kappa shape index (κ1) is 24.6. The monoisotopic (exact) mass is 540 g/mol. The smallest absolute Gasteiger partial charge is 0.266 e. The minimum atomic E-state index is -2.86. The summed E-state index contributed by atoms with van der Waals surface area (Å²) in [7, 11) is 0. The number of rotatable bonds is 4. The molecule has 5 aliphatic rings. The molecule has 1 aromatic carbocycles. The van der Waals surface area contributed by atoms with Crippen LogP contribution in [0, 0.1) is 29.4 Å². The van der Waals surface area contributed by atoms with Crippen LogP contribution in [0.3, 0.4) is 0 Å². The molecule has 2 aromatic heterocycles. The summed E-state index contributed by atoms with van der Waals surface area (Å²) in [5, 5.41) is 3.24. The van der Waals surface area contributed by atoms with Crippen LogP contribution >= 0.6 is 0 Å². The molecule has 8 rings (SSSR count). The van der Waals surface area contributed by atoms with Crippen molar-refractivity contribution in [2.24, 2.45) is 17.8 Å². The second kappa shape index (κ2) is 8.53.